The van der Waals surface area contributed by atoms with Crippen LogP contribution in [0.2, 0.25) is 0 Å². The van der Waals surface area contributed by atoms with Crippen molar-refractivity contribution in [2.45, 2.75) is 52.9 Å². The Morgan fingerprint density at radius 2 is 2.00 bits per heavy atom. The van der Waals surface area contributed by atoms with Crippen LogP contribution in [0.15, 0.2) is 88.6 Å². The molecule has 2 nitrogen and oxygen atoms in total. The Balaban J connectivity index is 2.57. The summed E-state index contributed by atoms with van der Waals surface area (Å²) in [5.41, 5.74) is 12.6. The first kappa shape index (κ1) is 21.7. The average molecular weight is 375 g/mol. The van der Waals surface area contributed by atoms with Gasteiger partial charge in [0.25, 0.3) is 0 Å². The van der Waals surface area contributed by atoms with E-state index in [1.165, 1.54) is 23.0 Å². The molecule has 1 aromatic carbocycles. The predicted octanol–water partition coefficient (Wildman–Crippen LogP) is 6.77. The van der Waals surface area contributed by atoms with Crippen LogP contribution < -0.4 is 5.73 Å². The molecule has 0 aromatic heterocycles. The van der Waals surface area contributed by atoms with Gasteiger partial charge in [-0.2, -0.15) is 0 Å². The maximum Gasteiger partial charge on any atom is 0.0860 e. The molecule has 148 valence electrons. The first-order valence-electron chi connectivity index (χ1n) is 10.2. The van der Waals surface area contributed by atoms with E-state index in [4.69, 9.17) is 5.73 Å². The second kappa shape index (κ2) is 10.7. The van der Waals surface area contributed by atoms with Gasteiger partial charge in [0.1, 0.15) is 0 Å². The minimum atomic E-state index is 0.0690. The van der Waals surface area contributed by atoms with Crippen LogP contribution in [0.25, 0.3) is 0 Å². The average Bonchev–Trinajstić information content (AvgIpc) is 2.68. The molecule has 0 saturated carbocycles. The Morgan fingerprint density at radius 3 is 2.61 bits per heavy atom. The molecule has 2 N–H and O–H groups in total. The zero-order valence-electron chi connectivity index (χ0n) is 17.8. The van der Waals surface area contributed by atoms with Crippen LogP contribution in [-0.4, -0.2) is 6.34 Å². The summed E-state index contributed by atoms with van der Waals surface area (Å²) < 4.78 is 0. The number of aryl methyl sites for hydroxylation is 1. The molecule has 2 rings (SSSR count). The van der Waals surface area contributed by atoms with Gasteiger partial charge in [-0.15, -0.1) is 0 Å². The molecule has 0 fully saturated rings. The molecule has 1 aliphatic carbocycles. The molecule has 0 radical (unpaired) electrons. The fraction of sp³-hybridized carbons (Fsp3) is 0.346. The van der Waals surface area contributed by atoms with Gasteiger partial charge in [0, 0.05) is 5.92 Å². The standard InChI is InChI=1S/C26H34N2/c1-19(2)12-11-14-21(4)25(24-17-10-9-13-20(24)3)22(5)26(28-18-27)23-15-7-6-8-16-23/h7,9-11,13-19,25H,4,6,8,12H2,1-3,5H3,(H2,27,28)/b14-11-,26-22-. The van der Waals surface area contributed by atoms with E-state index in [2.05, 4.69) is 93.9 Å². The summed E-state index contributed by atoms with van der Waals surface area (Å²) in [6, 6.07) is 8.53. The van der Waals surface area contributed by atoms with Crippen molar-refractivity contribution in [3.05, 3.63) is 94.8 Å². The van der Waals surface area contributed by atoms with Gasteiger partial charge >= 0.3 is 0 Å². The summed E-state index contributed by atoms with van der Waals surface area (Å²) in [7, 11) is 0. The van der Waals surface area contributed by atoms with Gasteiger partial charge in [0.15, 0.2) is 0 Å². The van der Waals surface area contributed by atoms with Crippen molar-refractivity contribution in [1.82, 2.24) is 0 Å². The molecule has 28 heavy (non-hydrogen) atoms. The topological polar surface area (TPSA) is 38.4 Å². The maximum atomic E-state index is 5.72. The van der Waals surface area contributed by atoms with Crippen molar-refractivity contribution in [3.8, 4) is 0 Å². The van der Waals surface area contributed by atoms with Gasteiger partial charge in [0.2, 0.25) is 0 Å². The minimum Gasteiger partial charge on any atom is -0.390 e. The zero-order valence-corrected chi connectivity index (χ0v) is 17.8. The molecule has 0 amide bonds. The Hall–Kier alpha value is -2.61. The number of rotatable bonds is 8. The molecule has 1 aliphatic rings. The highest BCUT2D eigenvalue weighted by molar-refractivity contribution is 5.59. The van der Waals surface area contributed by atoms with E-state index in [1.807, 2.05) is 0 Å². The van der Waals surface area contributed by atoms with E-state index in [0.717, 1.165) is 36.1 Å². The summed E-state index contributed by atoms with van der Waals surface area (Å²) in [4.78, 5) is 4.56. The van der Waals surface area contributed by atoms with Crippen LogP contribution in [0.1, 0.15) is 57.1 Å². The number of hydrogen-bond acceptors (Lipinski definition) is 1. The lowest BCUT2D eigenvalue weighted by Gasteiger charge is -2.24. The number of benzene rings is 1. The van der Waals surface area contributed by atoms with E-state index < -0.39 is 0 Å². The predicted molar refractivity (Wildman–Crippen MR) is 123 cm³/mol. The molecule has 0 saturated heterocycles. The molecule has 1 aromatic rings. The summed E-state index contributed by atoms with van der Waals surface area (Å²) >= 11 is 0. The number of aliphatic imine (C=N–C) groups is 1. The molecule has 0 spiro atoms. The normalized spacial score (nSPS) is 16.5. The quantitative estimate of drug-likeness (QED) is 0.304. The van der Waals surface area contributed by atoms with Crippen molar-refractivity contribution in [2.75, 3.05) is 0 Å². The van der Waals surface area contributed by atoms with E-state index in [-0.39, 0.29) is 5.92 Å². The highest BCUT2D eigenvalue weighted by Crippen LogP contribution is 2.37. The van der Waals surface area contributed by atoms with E-state index in [0.29, 0.717) is 5.92 Å². The van der Waals surface area contributed by atoms with Crippen LogP contribution in [0.3, 0.4) is 0 Å². The number of hydrogen-bond donors (Lipinski definition) is 1. The lowest BCUT2D eigenvalue weighted by molar-refractivity contribution is 0.663. The lowest BCUT2D eigenvalue weighted by Crippen LogP contribution is -2.08. The Kier molecular flexibility index (Phi) is 8.25. The van der Waals surface area contributed by atoms with Crippen LogP contribution in [-0.2, 0) is 0 Å². The summed E-state index contributed by atoms with van der Waals surface area (Å²) in [5, 5.41) is 0. The van der Waals surface area contributed by atoms with Gasteiger partial charge in [-0.25, -0.2) is 4.99 Å². The largest absolute Gasteiger partial charge is 0.390 e. The Bertz CT molecular complexity index is 832. The highest BCUT2D eigenvalue weighted by atomic mass is 14.8. The Morgan fingerprint density at radius 1 is 1.25 bits per heavy atom. The van der Waals surface area contributed by atoms with Gasteiger partial charge in [-0.3, -0.25) is 0 Å². The lowest BCUT2D eigenvalue weighted by atomic mass is 9.81. The number of nitrogens with two attached hydrogens (primary N) is 1. The zero-order chi connectivity index (χ0) is 20.5. The smallest absolute Gasteiger partial charge is 0.0860 e. The highest BCUT2D eigenvalue weighted by Gasteiger charge is 2.22. The Labute approximate surface area is 171 Å². The first-order valence-corrected chi connectivity index (χ1v) is 10.2. The summed E-state index contributed by atoms with van der Waals surface area (Å²) in [6.07, 6.45) is 15.6. The van der Waals surface area contributed by atoms with Crippen LogP contribution in [0, 0.1) is 12.8 Å². The maximum absolute atomic E-state index is 5.72. The van der Waals surface area contributed by atoms with Crippen molar-refractivity contribution in [2.24, 2.45) is 16.6 Å². The van der Waals surface area contributed by atoms with Crippen LogP contribution >= 0.6 is 0 Å². The van der Waals surface area contributed by atoms with Gasteiger partial charge in [-0.05, 0) is 66.9 Å². The molecule has 1 unspecified atom stereocenters. The van der Waals surface area contributed by atoms with Crippen molar-refractivity contribution < 1.29 is 0 Å². The first-order chi connectivity index (χ1) is 13.5. The number of nitrogens with zero attached hydrogens (tertiary/aromatic N) is 1. The monoisotopic (exact) mass is 374 g/mol. The minimum absolute atomic E-state index is 0.0690. The van der Waals surface area contributed by atoms with Crippen LogP contribution in [0.4, 0.5) is 0 Å². The summed E-state index contributed by atoms with van der Waals surface area (Å²) in [5.74, 6) is 0.701. The summed E-state index contributed by atoms with van der Waals surface area (Å²) in [6.45, 7) is 13.2. The van der Waals surface area contributed by atoms with E-state index in [9.17, 15) is 0 Å². The molecule has 0 heterocycles. The van der Waals surface area contributed by atoms with E-state index >= 15 is 0 Å². The molecule has 2 heteroatoms. The molecular formula is C26H34N2. The van der Waals surface area contributed by atoms with E-state index in [1.54, 1.807) is 0 Å². The van der Waals surface area contributed by atoms with Crippen molar-refractivity contribution in [3.63, 3.8) is 0 Å². The van der Waals surface area contributed by atoms with Crippen molar-refractivity contribution >= 4 is 6.34 Å². The molecule has 0 aliphatic heterocycles. The molecule has 0 bridgehead atoms. The van der Waals surface area contributed by atoms with Crippen molar-refractivity contribution in [1.29, 1.82) is 0 Å². The van der Waals surface area contributed by atoms with Gasteiger partial charge < -0.3 is 5.73 Å². The second-order valence-electron chi connectivity index (χ2n) is 7.85. The number of allylic oxidation sites excluding steroid dienone is 7. The molecular weight excluding hydrogens is 340 g/mol. The third kappa shape index (κ3) is 5.69. The second-order valence-corrected chi connectivity index (χ2v) is 7.85. The fourth-order valence-corrected chi connectivity index (χ4v) is 3.61. The fourth-order valence-electron chi connectivity index (χ4n) is 3.61. The van der Waals surface area contributed by atoms with Gasteiger partial charge in [0.05, 0.1) is 12.0 Å². The third-order valence-electron chi connectivity index (χ3n) is 5.09. The third-order valence-corrected chi connectivity index (χ3v) is 5.09. The van der Waals surface area contributed by atoms with Gasteiger partial charge in [-0.1, -0.05) is 75.1 Å². The SMILES string of the molecule is C=C(/C=C\CC(C)C)C(/C(C)=C(\N=CN)C1=CCCC=C1)c1ccccc1C. The van der Waals surface area contributed by atoms with Crippen LogP contribution in [0.5, 0.6) is 0 Å². The molecule has 1 atom stereocenters.